The third kappa shape index (κ3) is 5.51. The number of hydrogen-bond donors (Lipinski definition) is 1. The fourth-order valence-electron chi connectivity index (χ4n) is 5.25. The van der Waals surface area contributed by atoms with Gasteiger partial charge >= 0.3 is 5.97 Å². The van der Waals surface area contributed by atoms with Crippen LogP contribution in [0.5, 0.6) is 11.6 Å². The molecule has 5 rings (SSSR count). The SMILES string of the molecule is CC#CC(CC(=O)O)c1ccc(O[C@@H]2CCc3c(-c4ccc(O[C@@H]5CCOC5)nc4C)ccc(F)c32)cc1. The lowest BCUT2D eigenvalue weighted by molar-refractivity contribution is -0.137. The summed E-state index contributed by atoms with van der Waals surface area (Å²) in [7, 11) is 0. The lowest BCUT2D eigenvalue weighted by Gasteiger charge is -2.18. The Morgan fingerprint density at radius 3 is 2.61 bits per heavy atom. The quantitative estimate of drug-likeness (QED) is 0.370. The number of nitrogens with zero attached hydrogens (tertiary/aromatic N) is 1. The number of carboxylic acid groups (broad SMARTS) is 1. The van der Waals surface area contributed by atoms with Gasteiger partial charge in [-0.15, -0.1) is 5.92 Å². The van der Waals surface area contributed by atoms with Gasteiger partial charge in [0, 0.05) is 29.3 Å². The molecule has 1 aliphatic carbocycles. The van der Waals surface area contributed by atoms with Crippen molar-refractivity contribution in [2.45, 2.75) is 57.7 Å². The second kappa shape index (κ2) is 11.2. The molecule has 7 heteroatoms. The fourth-order valence-corrected chi connectivity index (χ4v) is 5.25. The summed E-state index contributed by atoms with van der Waals surface area (Å²) in [6.07, 6.45) is 1.74. The van der Waals surface area contributed by atoms with Crippen LogP contribution in [0, 0.1) is 24.6 Å². The Bertz CT molecular complexity index is 1390. The average Bonchev–Trinajstić information content (AvgIpc) is 3.56. The van der Waals surface area contributed by atoms with E-state index in [-0.39, 0.29) is 24.3 Å². The van der Waals surface area contributed by atoms with Gasteiger partial charge in [0.25, 0.3) is 0 Å². The van der Waals surface area contributed by atoms with Crippen LogP contribution in [-0.2, 0) is 16.0 Å². The number of carboxylic acids is 1. The van der Waals surface area contributed by atoms with Gasteiger partial charge in [0.1, 0.15) is 23.8 Å². The summed E-state index contributed by atoms with van der Waals surface area (Å²) in [6, 6.07) is 14.4. The summed E-state index contributed by atoms with van der Waals surface area (Å²) in [4.78, 5) is 15.9. The molecule has 1 saturated heterocycles. The number of ether oxygens (including phenoxy) is 3. The molecule has 2 aromatic carbocycles. The highest BCUT2D eigenvalue weighted by Gasteiger charge is 2.31. The molecule has 196 valence electrons. The van der Waals surface area contributed by atoms with E-state index in [4.69, 9.17) is 14.2 Å². The monoisotopic (exact) mass is 515 g/mol. The van der Waals surface area contributed by atoms with E-state index in [9.17, 15) is 9.90 Å². The van der Waals surface area contributed by atoms with Gasteiger partial charge in [-0.3, -0.25) is 4.79 Å². The maximum Gasteiger partial charge on any atom is 0.304 e. The standard InChI is InChI=1S/C31H30FNO5/c1-3-4-21(17-30(34)35)20-5-7-22(8-6-20)37-28-13-10-26-25(9-12-27(32)31(26)28)24-11-14-29(33-19(24)2)38-23-15-16-36-18-23/h5-9,11-12,14,21,23,28H,10,13,15-18H2,1-2H3,(H,34,35)/t21?,23-,28-/m1/s1. The third-order valence-corrected chi connectivity index (χ3v) is 7.07. The van der Waals surface area contributed by atoms with Crippen molar-refractivity contribution in [1.82, 2.24) is 4.98 Å². The molecule has 0 spiro atoms. The van der Waals surface area contributed by atoms with Crippen LogP contribution in [-0.4, -0.2) is 35.4 Å². The number of aromatic nitrogens is 1. The predicted octanol–water partition coefficient (Wildman–Crippen LogP) is 6.01. The molecular weight excluding hydrogens is 485 g/mol. The Morgan fingerprint density at radius 2 is 1.92 bits per heavy atom. The average molecular weight is 516 g/mol. The number of halogens is 1. The number of benzene rings is 2. The summed E-state index contributed by atoms with van der Waals surface area (Å²) in [5, 5.41) is 9.19. The second-order valence-corrected chi connectivity index (χ2v) is 9.63. The Balaban J connectivity index is 1.36. The lowest BCUT2D eigenvalue weighted by atomic mass is 9.95. The molecule has 2 heterocycles. The van der Waals surface area contributed by atoms with Gasteiger partial charge in [-0.25, -0.2) is 9.37 Å². The minimum atomic E-state index is -0.900. The van der Waals surface area contributed by atoms with Gasteiger partial charge in [0.15, 0.2) is 0 Å². The van der Waals surface area contributed by atoms with Crippen molar-refractivity contribution < 1.29 is 28.5 Å². The van der Waals surface area contributed by atoms with Crippen molar-refractivity contribution in [3.05, 3.63) is 76.7 Å². The molecule has 0 saturated carbocycles. The zero-order valence-corrected chi connectivity index (χ0v) is 21.5. The van der Waals surface area contributed by atoms with Crippen LogP contribution in [0.15, 0.2) is 48.5 Å². The molecule has 38 heavy (non-hydrogen) atoms. The van der Waals surface area contributed by atoms with E-state index in [1.165, 1.54) is 6.07 Å². The highest BCUT2D eigenvalue weighted by atomic mass is 19.1. The smallest absolute Gasteiger partial charge is 0.304 e. The van der Waals surface area contributed by atoms with E-state index in [0.717, 1.165) is 34.4 Å². The molecule has 0 bridgehead atoms. The lowest BCUT2D eigenvalue weighted by Crippen LogP contribution is -2.16. The highest BCUT2D eigenvalue weighted by molar-refractivity contribution is 5.72. The molecule has 3 aromatic rings. The molecule has 0 amide bonds. The second-order valence-electron chi connectivity index (χ2n) is 9.63. The number of pyridine rings is 1. The van der Waals surface area contributed by atoms with E-state index in [1.54, 1.807) is 19.1 Å². The number of hydrogen-bond acceptors (Lipinski definition) is 5. The van der Waals surface area contributed by atoms with Gasteiger partial charge in [-0.05, 0) is 67.6 Å². The number of rotatable bonds is 8. The Hall–Kier alpha value is -3.89. The van der Waals surface area contributed by atoms with Gasteiger partial charge in [-0.2, -0.15) is 0 Å². The predicted molar refractivity (Wildman–Crippen MR) is 141 cm³/mol. The molecule has 1 fully saturated rings. The molecule has 1 aromatic heterocycles. The molecule has 2 aliphatic rings. The first-order valence-electron chi connectivity index (χ1n) is 12.9. The molecule has 3 atom stereocenters. The number of aliphatic carboxylic acids is 1. The van der Waals surface area contributed by atoms with E-state index in [2.05, 4.69) is 16.8 Å². The van der Waals surface area contributed by atoms with E-state index < -0.39 is 12.1 Å². The Morgan fingerprint density at radius 1 is 1.13 bits per heavy atom. The number of carbonyl (C=O) groups is 1. The summed E-state index contributed by atoms with van der Waals surface area (Å²) < 4.78 is 32.7. The zero-order chi connectivity index (χ0) is 26.6. The van der Waals surface area contributed by atoms with E-state index in [0.29, 0.717) is 43.2 Å². The van der Waals surface area contributed by atoms with Crippen LogP contribution in [0.25, 0.3) is 11.1 Å². The van der Waals surface area contributed by atoms with Crippen molar-refractivity contribution >= 4 is 5.97 Å². The minimum absolute atomic E-state index is 0.0254. The molecule has 6 nitrogen and oxygen atoms in total. The van der Waals surface area contributed by atoms with Gasteiger partial charge in [-0.1, -0.05) is 24.1 Å². The van der Waals surface area contributed by atoms with Crippen LogP contribution < -0.4 is 9.47 Å². The van der Waals surface area contributed by atoms with E-state index in [1.807, 2.05) is 37.3 Å². The topological polar surface area (TPSA) is 77.9 Å². The van der Waals surface area contributed by atoms with Crippen LogP contribution in [0.3, 0.4) is 0 Å². The minimum Gasteiger partial charge on any atom is -0.486 e. The van der Waals surface area contributed by atoms with Gasteiger partial charge in [0.05, 0.1) is 25.6 Å². The van der Waals surface area contributed by atoms with Crippen molar-refractivity contribution in [2.24, 2.45) is 0 Å². The first-order valence-corrected chi connectivity index (χ1v) is 12.9. The number of aryl methyl sites for hydroxylation is 1. The zero-order valence-electron chi connectivity index (χ0n) is 21.5. The summed E-state index contributed by atoms with van der Waals surface area (Å²) >= 11 is 0. The third-order valence-electron chi connectivity index (χ3n) is 7.07. The maximum atomic E-state index is 15.1. The molecule has 1 unspecified atom stereocenters. The van der Waals surface area contributed by atoms with Crippen molar-refractivity contribution in [2.75, 3.05) is 13.2 Å². The van der Waals surface area contributed by atoms with Crippen LogP contribution in [0.2, 0.25) is 0 Å². The first kappa shape index (κ1) is 25.7. The van der Waals surface area contributed by atoms with Crippen LogP contribution >= 0.6 is 0 Å². The van der Waals surface area contributed by atoms with Crippen molar-refractivity contribution in [3.63, 3.8) is 0 Å². The molecular formula is C31H30FNO5. The molecule has 1 aliphatic heterocycles. The van der Waals surface area contributed by atoms with Gasteiger partial charge < -0.3 is 19.3 Å². The molecule has 0 radical (unpaired) electrons. The highest BCUT2D eigenvalue weighted by Crippen LogP contribution is 2.42. The normalized spacial score (nSPS) is 18.8. The van der Waals surface area contributed by atoms with E-state index >= 15 is 4.39 Å². The summed E-state index contributed by atoms with van der Waals surface area (Å²) in [5.74, 6) is 5.35. The largest absolute Gasteiger partial charge is 0.486 e. The van der Waals surface area contributed by atoms with Crippen LogP contribution in [0.1, 0.15) is 60.6 Å². The fraction of sp³-hybridized carbons (Fsp3) is 0.355. The van der Waals surface area contributed by atoms with Crippen molar-refractivity contribution in [1.29, 1.82) is 0 Å². The van der Waals surface area contributed by atoms with Crippen molar-refractivity contribution in [3.8, 4) is 34.6 Å². The molecule has 1 N–H and O–H groups in total. The Labute approximate surface area is 221 Å². The maximum absolute atomic E-state index is 15.1. The Kier molecular flexibility index (Phi) is 7.62. The van der Waals surface area contributed by atoms with Crippen LogP contribution in [0.4, 0.5) is 4.39 Å². The summed E-state index contributed by atoms with van der Waals surface area (Å²) in [6.45, 7) is 4.91. The van der Waals surface area contributed by atoms with Gasteiger partial charge in [0.2, 0.25) is 5.88 Å². The summed E-state index contributed by atoms with van der Waals surface area (Å²) in [5.41, 5.74) is 5.05. The number of fused-ring (bicyclic) bond motifs is 1. The first-order chi connectivity index (χ1) is 18.4.